The van der Waals surface area contributed by atoms with Crippen molar-refractivity contribution in [1.82, 2.24) is 4.72 Å². The molecule has 1 radical (unpaired) electrons. The normalized spacial score (nSPS) is 12.8. The van der Waals surface area contributed by atoms with Gasteiger partial charge in [-0.05, 0) is 18.2 Å². The molecule has 0 saturated carbocycles. The van der Waals surface area contributed by atoms with Gasteiger partial charge in [-0.1, -0.05) is 0 Å². The van der Waals surface area contributed by atoms with Crippen LogP contribution in [0.3, 0.4) is 0 Å². The SMILES string of the molecule is O=[N+]([O-])c1ccc(OP(=O)(O)CNS(=O)(=O)c2ccc([N+](=O)[O-])cc2[N+](=O)[O-])cc1.[Na]. The predicted molar refractivity (Wildman–Crippen MR) is 104 cm³/mol. The molecule has 0 aromatic heterocycles. The van der Waals surface area contributed by atoms with E-state index in [1.165, 1.54) is 0 Å². The summed E-state index contributed by atoms with van der Waals surface area (Å²) in [5.41, 5.74) is -2.16. The fourth-order valence-corrected chi connectivity index (χ4v) is 4.72. The molecule has 18 heteroatoms. The van der Waals surface area contributed by atoms with E-state index in [1.807, 2.05) is 0 Å². The standard InChI is InChI=1S/C13H11N4O11PS.Na/c18-15(19)9-1-4-11(5-2-9)28-29(24,25)8-14-30(26,27)13-6-3-10(16(20)21)7-12(13)17(22)23;/h1-7,14H,8H2,(H,24,25);. The minimum absolute atomic E-state index is 0. The molecule has 2 N–H and O–H groups in total. The van der Waals surface area contributed by atoms with Crippen molar-refractivity contribution in [3.05, 3.63) is 72.8 Å². The van der Waals surface area contributed by atoms with Crippen molar-refractivity contribution < 1.29 is 37.2 Å². The van der Waals surface area contributed by atoms with E-state index in [-0.39, 0.29) is 41.0 Å². The van der Waals surface area contributed by atoms with Gasteiger partial charge in [0.1, 0.15) is 12.0 Å². The van der Waals surface area contributed by atoms with Gasteiger partial charge in [-0.3, -0.25) is 30.3 Å². The average Bonchev–Trinajstić information content (AvgIpc) is 2.66. The van der Waals surface area contributed by atoms with E-state index in [0.717, 1.165) is 24.3 Å². The Morgan fingerprint density at radius 3 is 1.94 bits per heavy atom. The van der Waals surface area contributed by atoms with Crippen LogP contribution in [0.1, 0.15) is 0 Å². The minimum atomic E-state index is -4.74. The van der Waals surface area contributed by atoms with Crippen molar-refractivity contribution in [2.75, 3.05) is 6.29 Å². The van der Waals surface area contributed by atoms with Gasteiger partial charge >= 0.3 is 7.60 Å². The molecule has 0 aliphatic carbocycles. The number of hydrogen-bond donors (Lipinski definition) is 2. The maximum absolute atomic E-state index is 12.3. The first kappa shape index (κ1) is 26.6. The molecule has 0 heterocycles. The quantitative estimate of drug-likeness (QED) is 0.224. The Labute approximate surface area is 195 Å². The Morgan fingerprint density at radius 1 is 0.935 bits per heavy atom. The van der Waals surface area contributed by atoms with Crippen molar-refractivity contribution in [2.45, 2.75) is 4.90 Å². The van der Waals surface area contributed by atoms with Gasteiger partial charge in [0.25, 0.3) is 17.1 Å². The van der Waals surface area contributed by atoms with E-state index in [9.17, 15) is 48.2 Å². The van der Waals surface area contributed by atoms with Crippen molar-refractivity contribution >= 4 is 64.2 Å². The molecule has 2 rings (SSSR count). The van der Waals surface area contributed by atoms with Crippen molar-refractivity contribution in [3.63, 3.8) is 0 Å². The van der Waals surface area contributed by atoms with Crippen LogP contribution in [0.4, 0.5) is 17.1 Å². The number of rotatable bonds is 9. The zero-order chi connectivity index (χ0) is 22.7. The number of benzene rings is 2. The molecule has 2 aromatic carbocycles. The Morgan fingerprint density at radius 2 is 1.45 bits per heavy atom. The van der Waals surface area contributed by atoms with Crippen LogP contribution >= 0.6 is 7.60 Å². The molecule has 0 amide bonds. The number of nitrogens with zero attached hydrogens (tertiary/aromatic N) is 3. The average molecular weight is 485 g/mol. The molecule has 0 spiro atoms. The molecule has 1 unspecified atom stereocenters. The summed E-state index contributed by atoms with van der Waals surface area (Å²) in [6.07, 6.45) is -1.21. The second-order valence-electron chi connectivity index (χ2n) is 5.45. The first-order chi connectivity index (χ1) is 13.8. The Kier molecular flexibility index (Phi) is 8.77. The van der Waals surface area contributed by atoms with Crippen LogP contribution in [0.2, 0.25) is 0 Å². The van der Waals surface area contributed by atoms with Crippen molar-refractivity contribution in [3.8, 4) is 5.75 Å². The predicted octanol–water partition coefficient (Wildman–Crippen LogP) is 1.53. The number of nitrogens with one attached hydrogen (secondary N) is 1. The van der Waals surface area contributed by atoms with Gasteiger partial charge in [-0.15, -0.1) is 0 Å². The van der Waals surface area contributed by atoms with E-state index < -0.39 is 54.9 Å². The summed E-state index contributed by atoms with van der Waals surface area (Å²) in [7, 11) is -9.41. The summed E-state index contributed by atoms with van der Waals surface area (Å²) in [5, 5.41) is 32.4. The van der Waals surface area contributed by atoms with Gasteiger partial charge in [-0.25, -0.2) is 13.0 Å². The van der Waals surface area contributed by atoms with E-state index in [0.29, 0.717) is 18.2 Å². The molecule has 2 aromatic rings. The van der Waals surface area contributed by atoms with Crippen LogP contribution in [-0.2, 0) is 14.6 Å². The molecule has 0 bridgehead atoms. The molecule has 15 nitrogen and oxygen atoms in total. The third kappa shape index (κ3) is 7.03. The van der Waals surface area contributed by atoms with Gasteiger partial charge in [0.15, 0.2) is 4.90 Å². The number of hydrogen-bond acceptors (Lipinski definition) is 10. The van der Waals surface area contributed by atoms with Crippen LogP contribution in [0.5, 0.6) is 5.75 Å². The van der Waals surface area contributed by atoms with E-state index in [2.05, 4.69) is 0 Å². The van der Waals surface area contributed by atoms with E-state index >= 15 is 0 Å². The number of nitro benzene ring substituents is 3. The summed E-state index contributed by atoms with van der Waals surface area (Å²) in [4.78, 5) is 38.4. The third-order valence-electron chi connectivity index (χ3n) is 3.39. The first-order valence-electron chi connectivity index (χ1n) is 7.51. The van der Waals surface area contributed by atoms with E-state index in [4.69, 9.17) is 4.52 Å². The molecular formula is C13H11N4NaO11PS. The minimum Gasteiger partial charge on any atom is -0.424 e. The molecule has 0 saturated heterocycles. The summed E-state index contributed by atoms with van der Waals surface area (Å²) in [5.74, 6) is -0.271. The largest absolute Gasteiger partial charge is 0.424 e. The molecule has 1 atom stereocenters. The third-order valence-corrected chi connectivity index (χ3v) is 6.11. The molecule has 0 fully saturated rings. The molecular weight excluding hydrogens is 474 g/mol. The number of nitro groups is 3. The molecule has 161 valence electrons. The number of sulfonamides is 1. The molecule has 31 heavy (non-hydrogen) atoms. The second kappa shape index (κ2) is 10.2. The van der Waals surface area contributed by atoms with Crippen LogP contribution in [0, 0.1) is 30.3 Å². The van der Waals surface area contributed by atoms with Crippen molar-refractivity contribution in [1.29, 1.82) is 0 Å². The van der Waals surface area contributed by atoms with Crippen LogP contribution < -0.4 is 9.25 Å². The van der Waals surface area contributed by atoms with Gasteiger partial charge in [0.05, 0.1) is 20.8 Å². The first-order valence-corrected chi connectivity index (χ1v) is 10.8. The monoisotopic (exact) mass is 485 g/mol. The smallest absolute Gasteiger partial charge is 0.391 e. The van der Waals surface area contributed by atoms with Crippen LogP contribution in [0.15, 0.2) is 47.4 Å². The number of non-ortho nitro benzene ring substituents is 2. The Hall–Kier alpha value is -2.46. The van der Waals surface area contributed by atoms with Gasteiger partial charge < -0.3 is 9.42 Å². The summed E-state index contributed by atoms with van der Waals surface area (Å²) in [6, 6.07) is 5.75. The maximum Gasteiger partial charge on any atom is 0.391 e. The topological polar surface area (TPSA) is 222 Å². The molecule has 0 aliphatic heterocycles. The zero-order valence-electron chi connectivity index (χ0n) is 15.5. The fraction of sp³-hybridized carbons (Fsp3) is 0.0769. The summed E-state index contributed by atoms with van der Waals surface area (Å²) in [6.45, 7) is 0. The Bertz CT molecular complexity index is 1170. The Balaban J connectivity index is 0.00000480. The summed E-state index contributed by atoms with van der Waals surface area (Å²) >= 11 is 0. The summed E-state index contributed by atoms with van der Waals surface area (Å²) < 4.78 is 43.1. The van der Waals surface area contributed by atoms with E-state index in [1.54, 1.807) is 4.72 Å². The van der Waals surface area contributed by atoms with Gasteiger partial charge in [-0.2, -0.15) is 4.72 Å². The second-order valence-corrected chi connectivity index (χ2v) is 8.96. The maximum atomic E-state index is 12.3. The molecule has 0 aliphatic rings. The fourth-order valence-electron chi connectivity index (χ4n) is 2.06. The van der Waals surface area contributed by atoms with Crippen LogP contribution in [-0.4, -0.2) is 63.9 Å². The van der Waals surface area contributed by atoms with Gasteiger partial charge in [0.2, 0.25) is 10.0 Å². The van der Waals surface area contributed by atoms with Gasteiger partial charge in [0, 0.05) is 47.8 Å². The van der Waals surface area contributed by atoms with Crippen molar-refractivity contribution in [2.24, 2.45) is 0 Å². The zero-order valence-corrected chi connectivity index (χ0v) is 19.2. The van der Waals surface area contributed by atoms with Crippen LogP contribution in [0.25, 0.3) is 0 Å².